The van der Waals surface area contributed by atoms with Gasteiger partial charge in [-0.3, -0.25) is 0 Å². The molecule has 0 heterocycles. The van der Waals surface area contributed by atoms with E-state index >= 15 is 0 Å². The minimum Gasteiger partial charge on any atom is -0.494 e. The van der Waals surface area contributed by atoms with Crippen LogP contribution in [0.2, 0.25) is 0 Å². The van der Waals surface area contributed by atoms with Crippen molar-refractivity contribution < 1.29 is 19.3 Å². The standard InChI is InChI=1S/C11H14FN3O3/c1-2-18-7-3-4-8(9(12)5-7)11(17)10(16)6-14-15-13/h3-5,10-11,16-17H,2,6H2,1H3. The molecule has 0 spiro atoms. The number of nitrogens with zero attached hydrogens (tertiary/aromatic N) is 3. The largest absolute Gasteiger partial charge is 0.494 e. The first-order valence-electron chi connectivity index (χ1n) is 5.39. The quantitative estimate of drug-likeness (QED) is 0.461. The lowest BCUT2D eigenvalue weighted by Gasteiger charge is -2.17. The number of ether oxygens (including phenoxy) is 1. The normalized spacial score (nSPS) is 13.6. The van der Waals surface area contributed by atoms with Crippen LogP contribution < -0.4 is 4.74 Å². The zero-order valence-electron chi connectivity index (χ0n) is 9.82. The van der Waals surface area contributed by atoms with Crippen molar-refractivity contribution in [2.24, 2.45) is 5.11 Å². The summed E-state index contributed by atoms with van der Waals surface area (Å²) >= 11 is 0. The van der Waals surface area contributed by atoms with Crippen LogP contribution in [-0.2, 0) is 0 Å². The van der Waals surface area contributed by atoms with Crippen molar-refractivity contribution in [3.63, 3.8) is 0 Å². The summed E-state index contributed by atoms with van der Waals surface area (Å²) in [5.41, 5.74) is 8.02. The van der Waals surface area contributed by atoms with Gasteiger partial charge in [-0.15, -0.1) is 0 Å². The number of aliphatic hydroxyl groups excluding tert-OH is 2. The van der Waals surface area contributed by atoms with Gasteiger partial charge in [0.25, 0.3) is 0 Å². The molecule has 98 valence electrons. The van der Waals surface area contributed by atoms with Crippen molar-refractivity contribution in [3.05, 3.63) is 40.0 Å². The van der Waals surface area contributed by atoms with Crippen molar-refractivity contribution in [3.8, 4) is 5.75 Å². The summed E-state index contributed by atoms with van der Waals surface area (Å²) in [6.07, 6.45) is -2.81. The number of azide groups is 1. The Morgan fingerprint density at radius 3 is 2.78 bits per heavy atom. The molecule has 0 aliphatic carbocycles. The second-order valence-corrected chi connectivity index (χ2v) is 3.54. The third-order valence-electron chi connectivity index (χ3n) is 2.30. The van der Waals surface area contributed by atoms with Gasteiger partial charge in [-0.25, -0.2) is 4.39 Å². The Hall–Kier alpha value is -1.82. The second-order valence-electron chi connectivity index (χ2n) is 3.54. The van der Waals surface area contributed by atoms with Gasteiger partial charge in [-0.05, 0) is 24.6 Å². The van der Waals surface area contributed by atoms with Crippen LogP contribution in [0, 0.1) is 5.82 Å². The highest BCUT2D eigenvalue weighted by Gasteiger charge is 2.21. The van der Waals surface area contributed by atoms with Crippen LogP contribution in [0.5, 0.6) is 5.75 Å². The van der Waals surface area contributed by atoms with Gasteiger partial charge >= 0.3 is 0 Å². The van der Waals surface area contributed by atoms with Crippen LogP contribution in [0.4, 0.5) is 4.39 Å². The highest BCUT2D eigenvalue weighted by Crippen LogP contribution is 2.24. The number of halogens is 1. The molecule has 0 aliphatic heterocycles. The maximum absolute atomic E-state index is 13.7. The second kappa shape index (κ2) is 6.80. The summed E-state index contributed by atoms with van der Waals surface area (Å²) in [6, 6.07) is 3.94. The van der Waals surface area contributed by atoms with E-state index in [1.807, 2.05) is 0 Å². The molecule has 2 N–H and O–H groups in total. The zero-order valence-corrected chi connectivity index (χ0v) is 9.82. The number of rotatable bonds is 6. The van der Waals surface area contributed by atoms with Crippen molar-refractivity contribution >= 4 is 0 Å². The maximum atomic E-state index is 13.7. The third kappa shape index (κ3) is 3.59. The van der Waals surface area contributed by atoms with E-state index in [-0.39, 0.29) is 12.1 Å². The van der Waals surface area contributed by atoms with Gasteiger partial charge in [-0.2, -0.15) is 0 Å². The molecule has 2 atom stereocenters. The number of hydrogen-bond acceptors (Lipinski definition) is 4. The lowest BCUT2D eigenvalue weighted by Crippen LogP contribution is -2.22. The number of benzene rings is 1. The average Bonchev–Trinajstić information content (AvgIpc) is 2.35. The summed E-state index contributed by atoms with van der Waals surface area (Å²) in [5, 5.41) is 22.3. The van der Waals surface area contributed by atoms with Gasteiger partial charge in [0.2, 0.25) is 0 Å². The van der Waals surface area contributed by atoms with Crippen molar-refractivity contribution in [1.29, 1.82) is 0 Å². The van der Waals surface area contributed by atoms with Gasteiger partial charge in [-0.1, -0.05) is 5.11 Å². The Balaban J connectivity index is 2.85. The molecule has 6 nitrogen and oxygen atoms in total. The van der Waals surface area contributed by atoms with Crippen LogP contribution >= 0.6 is 0 Å². The first kappa shape index (κ1) is 14.2. The molecular formula is C11H14FN3O3. The molecule has 0 aromatic heterocycles. The topological polar surface area (TPSA) is 98.5 Å². The summed E-state index contributed by atoms with van der Waals surface area (Å²) in [7, 11) is 0. The van der Waals surface area contributed by atoms with E-state index in [2.05, 4.69) is 10.0 Å². The van der Waals surface area contributed by atoms with E-state index in [1.54, 1.807) is 6.92 Å². The predicted molar refractivity (Wildman–Crippen MR) is 62.5 cm³/mol. The Labute approximate surface area is 103 Å². The molecule has 0 radical (unpaired) electrons. The number of hydrogen-bond donors (Lipinski definition) is 2. The summed E-state index contributed by atoms with van der Waals surface area (Å²) in [6.45, 7) is 1.84. The fourth-order valence-corrected chi connectivity index (χ4v) is 1.43. The fraction of sp³-hybridized carbons (Fsp3) is 0.455. The Morgan fingerprint density at radius 2 is 2.22 bits per heavy atom. The van der Waals surface area contributed by atoms with E-state index in [1.165, 1.54) is 12.1 Å². The maximum Gasteiger partial charge on any atom is 0.132 e. The molecule has 0 saturated carbocycles. The summed E-state index contributed by atoms with van der Waals surface area (Å²) in [5.74, 6) is -0.344. The SMILES string of the molecule is CCOc1ccc(C(O)C(O)CN=[N+]=[N-])c(F)c1. The van der Waals surface area contributed by atoms with Gasteiger partial charge in [0, 0.05) is 16.5 Å². The Morgan fingerprint density at radius 1 is 1.50 bits per heavy atom. The van der Waals surface area contributed by atoms with E-state index < -0.39 is 18.0 Å². The molecule has 0 saturated heterocycles. The predicted octanol–water partition coefficient (Wildman–Crippen LogP) is 1.93. The first-order valence-corrected chi connectivity index (χ1v) is 5.39. The first-order chi connectivity index (χ1) is 8.60. The molecule has 18 heavy (non-hydrogen) atoms. The molecular weight excluding hydrogens is 241 g/mol. The van der Waals surface area contributed by atoms with Crippen LogP contribution in [0.15, 0.2) is 23.3 Å². The van der Waals surface area contributed by atoms with Crippen molar-refractivity contribution in [2.45, 2.75) is 19.1 Å². The van der Waals surface area contributed by atoms with E-state index in [4.69, 9.17) is 10.3 Å². The summed E-state index contributed by atoms with van der Waals surface area (Å²) < 4.78 is 18.7. The van der Waals surface area contributed by atoms with E-state index in [9.17, 15) is 14.6 Å². The smallest absolute Gasteiger partial charge is 0.132 e. The van der Waals surface area contributed by atoms with Gasteiger partial charge in [0.1, 0.15) is 17.7 Å². The molecule has 0 fully saturated rings. The molecule has 7 heteroatoms. The van der Waals surface area contributed by atoms with Gasteiger partial charge in [0.05, 0.1) is 19.3 Å². The van der Waals surface area contributed by atoms with E-state index in [0.29, 0.717) is 12.4 Å². The third-order valence-corrected chi connectivity index (χ3v) is 2.30. The van der Waals surface area contributed by atoms with Crippen LogP contribution in [0.1, 0.15) is 18.6 Å². The highest BCUT2D eigenvalue weighted by atomic mass is 19.1. The van der Waals surface area contributed by atoms with Crippen LogP contribution in [0.3, 0.4) is 0 Å². The van der Waals surface area contributed by atoms with E-state index in [0.717, 1.165) is 6.07 Å². The van der Waals surface area contributed by atoms with Crippen LogP contribution in [0.25, 0.3) is 10.4 Å². The minimum absolute atomic E-state index is 0.0703. The lowest BCUT2D eigenvalue weighted by atomic mass is 10.0. The number of aliphatic hydroxyl groups is 2. The molecule has 0 aliphatic rings. The summed E-state index contributed by atoms with van der Waals surface area (Å²) in [4.78, 5) is 2.45. The highest BCUT2D eigenvalue weighted by molar-refractivity contribution is 5.30. The molecule has 1 rings (SSSR count). The van der Waals surface area contributed by atoms with Crippen molar-refractivity contribution in [1.82, 2.24) is 0 Å². The van der Waals surface area contributed by atoms with Crippen LogP contribution in [-0.4, -0.2) is 29.5 Å². The Kier molecular flexibility index (Phi) is 5.38. The molecule has 0 amide bonds. The average molecular weight is 255 g/mol. The monoisotopic (exact) mass is 255 g/mol. The minimum atomic E-state index is -1.45. The zero-order chi connectivity index (χ0) is 13.5. The Bertz CT molecular complexity index is 449. The van der Waals surface area contributed by atoms with Gasteiger partial charge < -0.3 is 14.9 Å². The molecule has 1 aromatic rings. The molecule has 0 bridgehead atoms. The lowest BCUT2D eigenvalue weighted by molar-refractivity contribution is 0.0222. The molecule has 2 unspecified atom stereocenters. The molecule has 1 aromatic carbocycles. The fourth-order valence-electron chi connectivity index (χ4n) is 1.43. The van der Waals surface area contributed by atoms with Gasteiger partial charge in [0.15, 0.2) is 0 Å². The van der Waals surface area contributed by atoms with Crippen molar-refractivity contribution in [2.75, 3.05) is 13.2 Å².